The lowest BCUT2D eigenvalue weighted by atomic mass is 10.00. The first-order chi connectivity index (χ1) is 10.3. The maximum absolute atomic E-state index is 6.11. The van der Waals surface area contributed by atoms with Gasteiger partial charge in [-0.2, -0.15) is 0 Å². The zero-order chi connectivity index (χ0) is 15.1. The van der Waals surface area contributed by atoms with E-state index in [-0.39, 0.29) is 0 Å². The molecule has 0 aliphatic heterocycles. The quantitative estimate of drug-likeness (QED) is 0.815. The fourth-order valence-electron chi connectivity index (χ4n) is 2.44. The summed E-state index contributed by atoms with van der Waals surface area (Å²) in [5.74, 6) is 1.55. The maximum Gasteiger partial charge on any atom is 0.127 e. The van der Waals surface area contributed by atoms with Crippen LogP contribution in [0.15, 0.2) is 54.6 Å². The second-order valence-corrected chi connectivity index (χ2v) is 5.45. The van der Waals surface area contributed by atoms with Crippen LogP contribution in [0.1, 0.15) is 20.3 Å². The Morgan fingerprint density at radius 2 is 1.67 bits per heavy atom. The number of ether oxygens (including phenoxy) is 1. The third-order valence-electron chi connectivity index (χ3n) is 4.09. The van der Waals surface area contributed by atoms with Gasteiger partial charge in [0.25, 0.3) is 0 Å². The third-order valence-corrected chi connectivity index (χ3v) is 4.09. The molecule has 2 aromatic rings. The van der Waals surface area contributed by atoms with Crippen molar-refractivity contribution >= 4 is 0 Å². The zero-order valence-electron chi connectivity index (χ0n) is 13.2. The maximum atomic E-state index is 6.11. The van der Waals surface area contributed by atoms with Gasteiger partial charge in [-0.15, -0.1) is 0 Å². The predicted molar refractivity (Wildman–Crippen MR) is 89.7 cm³/mol. The summed E-state index contributed by atoms with van der Waals surface area (Å²) in [5, 5.41) is 3.36. The second kappa shape index (κ2) is 7.84. The molecule has 0 aliphatic rings. The Morgan fingerprint density at radius 1 is 1.00 bits per heavy atom. The first-order valence-corrected chi connectivity index (χ1v) is 7.70. The van der Waals surface area contributed by atoms with E-state index in [2.05, 4.69) is 55.6 Å². The summed E-state index contributed by atoms with van der Waals surface area (Å²) < 4.78 is 6.11. The van der Waals surface area contributed by atoms with E-state index in [0.29, 0.717) is 18.6 Å². The SMILES string of the molecule is CCC(C)C(COc1ccccc1-c1ccccc1)NC. The molecule has 2 aromatic carbocycles. The van der Waals surface area contributed by atoms with Crippen molar-refractivity contribution in [3.8, 4) is 16.9 Å². The second-order valence-electron chi connectivity index (χ2n) is 5.45. The van der Waals surface area contributed by atoms with E-state index in [0.717, 1.165) is 17.7 Å². The van der Waals surface area contributed by atoms with E-state index in [1.54, 1.807) is 0 Å². The number of nitrogens with one attached hydrogen (secondary N) is 1. The molecule has 0 spiro atoms. The van der Waals surface area contributed by atoms with Gasteiger partial charge in [0.2, 0.25) is 0 Å². The van der Waals surface area contributed by atoms with Gasteiger partial charge in [0.05, 0.1) is 0 Å². The van der Waals surface area contributed by atoms with E-state index in [4.69, 9.17) is 4.74 Å². The number of hydrogen-bond donors (Lipinski definition) is 1. The normalized spacial score (nSPS) is 13.7. The Bertz CT molecular complexity index is 538. The van der Waals surface area contributed by atoms with Crippen LogP contribution in [-0.4, -0.2) is 19.7 Å². The summed E-state index contributed by atoms with van der Waals surface area (Å²) in [5.41, 5.74) is 2.34. The predicted octanol–water partition coefficient (Wildman–Crippen LogP) is 4.37. The first kappa shape index (κ1) is 15.6. The minimum atomic E-state index is 0.374. The van der Waals surface area contributed by atoms with E-state index < -0.39 is 0 Å². The monoisotopic (exact) mass is 283 g/mol. The van der Waals surface area contributed by atoms with Crippen molar-refractivity contribution in [2.45, 2.75) is 26.3 Å². The molecular formula is C19H25NO. The molecule has 2 rings (SSSR count). The molecular weight excluding hydrogens is 258 g/mol. The Balaban J connectivity index is 2.14. The van der Waals surface area contributed by atoms with E-state index in [1.807, 2.05) is 25.2 Å². The molecule has 21 heavy (non-hydrogen) atoms. The highest BCUT2D eigenvalue weighted by atomic mass is 16.5. The number of rotatable bonds is 7. The van der Waals surface area contributed by atoms with Gasteiger partial charge in [-0.1, -0.05) is 68.8 Å². The lowest BCUT2D eigenvalue weighted by Gasteiger charge is -2.23. The topological polar surface area (TPSA) is 21.3 Å². The highest BCUT2D eigenvalue weighted by molar-refractivity contribution is 5.70. The van der Waals surface area contributed by atoms with Crippen molar-refractivity contribution < 1.29 is 4.74 Å². The van der Waals surface area contributed by atoms with Gasteiger partial charge in [0.1, 0.15) is 12.4 Å². The minimum Gasteiger partial charge on any atom is -0.491 e. The molecule has 2 heteroatoms. The van der Waals surface area contributed by atoms with E-state index in [1.165, 1.54) is 5.56 Å². The van der Waals surface area contributed by atoms with Crippen molar-refractivity contribution in [2.75, 3.05) is 13.7 Å². The lowest BCUT2D eigenvalue weighted by molar-refractivity contribution is 0.229. The van der Waals surface area contributed by atoms with Crippen molar-refractivity contribution in [1.29, 1.82) is 0 Å². The molecule has 2 nitrogen and oxygen atoms in total. The molecule has 0 heterocycles. The molecule has 0 saturated carbocycles. The van der Waals surface area contributed by atoms with Gasteiger partial charge < -0.3 is 10.1 Å². The number of hydrogen-bond acceptors (Lipinski definition) is 2. The number of para-hydroxylation sites is 1. The van der Waals surface area contributed by atoms with Crippen LogP contribution in [0.3, 0.4) is 0 Å². The number of likely N-dealkylation sites (N-methyl/N-ethyl adjacent to an activating group) is 1. The Kier molecular flexibility index (Phi) is 5.82. The molecule has 2 unspecified atom stereocenters. The third kappa shape index (κ3) is 4.08. The summed E-state index contributed by atoms with van der Waals surface area (Å²) in [7, 11) is 2.00. The van der Waals surface area contributed by atoms with Crippen LogP contribution in [0.5, 0.6) is 5.75 Å². The van der Waals surface area contributed by atoms with Gasteiger partial charge in [-0.05, 0) is 24.6 Å². The van der Waals surface area contributed by atoms with Crippen molar-refractivity contribution in [1.82, 2.24) is 5.32 Å². The van der Waals surface area contributed by atoms with Crippen LogP contribution in [-0.2, 0) is 0 Å². The van der Waals surface area contributed by atoms with Crippen molar-refractivity contribution in [3.05, 3.63) is 54.6 Å². The smallest absolute Gasteiger partial charge is 0.127 e. The van der Waals surface area contributed by atoms with Gasteiger partial charge in [-0.3, -0.25) is 0 Å². The highest BCUT2D eigenvalue weighted by Crippen LogP contribution is 2.29. The molecule has 0 fully saturated rings. The van der Waals surface area contributed by atoms with Gasteiger partial charge >= 0.3 is 0 Å². The lowest BCUT2D eigenvalue weighted by Crippen LogP contribution is -2.37. The molecule has 1 N–H and O–H groups in total. The van der Waals surface area contributed by atoms with Gasteiger partial charge in [0.15, 0.2) is 0 Å². The van der Waals surface area contributed by atoms with Crippen molar-refractivity contribution in [3.63, 3.8) is 0 Å². The molecule has 112 valence electrons. The van der Waals surface area contributed by atoms with E-state index >= 15 is 0 Å². The fraction of sp³-hybridized carbons (Fsp3) is 0.368. The Hall–Kier alpha value is -1.80. The standard InChI is InChI=1S/C19H25NO/c1-4-15(2)18(20-3)14-21-19-13-9-8-12-17(19)16-10-6-5-7-11-16/h5-13,15,18,20H,4,14H2,1-3H3. The summed E-state index contributed by atoms with van der Waals surface area (Å²) in [6.45, 7) is 5.16. The molecule has 0 aliphatic carbocycles. The fourth-order valence-corrected chi connectivity index (χ4v) is 2.44. The van der Waals surface area contributed by atoms with Crippen LogP contribution in [0, 0.1) is 5.92 Å². The summed E-state index contributed by atoms with van der Waals surface area (Å²) in [4.78, 5) is 0. The Morgan fingerprint density at radius 3 is 2.33 bits per heavy atom. The van der Waals surface area contributed by atoms with Crippen molar-refractivity contribution in [2.24, 2.45) is 5.92 Å². The minimum absolute atomic E-state index is 0.374. The molecule has 0 radical (unpaired) electrons. The van der Waals surface area contributed by atoms with E-state index in [9.17, 15) is 0 Å². The summed E-state index contributed by atoms with van der Waals surface area (Å²) >= 11 is 0. The molecule has 2 atom stereocenters. The first-order valence-electron chi connectivity index (χ1n) is 7.70. The van der Waals surface area contributed by atoms with Crippen LogP contribution in [0.25, 0.3) is 11.1 Å². The van der Waals surface area contributed by atoms with Gasteiger partial charge in [-0.25, -0.2) is 0 Å². The highest BCUT2D eigenvalue weighted by Gasteiger charge is 2.15. The van der Waals surface area contributed by atoms with Crippen LogP contribution in [0.4, 0.5) is 0 Å². The average molecular weight is 283 g/mol. The van der Waals surface area contributed by atoms with Gasteiger partial charge in [0, 0.05) is 11.6 Å². The molecule has 0 amide bonds. The molecule has 0 saturated heterocycles. The van der Waals surface area contributed by atoms with Crippen LogP contribution >= 0.6 is 0 Å². The largest absolute Gasteiger partial charge is 0.491 e. The molecule has 0 bridgehead atoms. The average Bonchev–Trinajstić information content (AvgIpc) is 2.56. The number of benzene rings is 2. The zero-order valence-corrected chi connectivity index (χ0v) is 13.2. The molecule has 0 aromatic heterocycles. The summed E-state index contributed by atoms with van der Waals surface area (Å²) in [6.07, 6.45) is 1.15. The van der Waals surface area contributed by atoms with Crippen LogP contribution < -0.4 is 10.1 Å². The van der Waals surface area contributed by atoms with Crippen LogP contribution in [0.2, 0.25) is 0 Å². The Labute approximate surface area is 128 Å². The summed E-state index contributed by atoms with van der Waals surface area (Å²) in [6, 6.07) is 19.0.